The largest absolute Gasteiger partial charge is 0.341 e. The van der Waals surface area contributed by atoms with Gasteiger partial charge in [-0.15, -0.1) is 0 Å². The molecule has 1 N–H and O–H groups in total. The van der Waals surface area contributed by atoms with Crippen molar-refractivity contribution >= 4 is 15.9 Å². The molecule has 1 aromatic rings. The number of carbonyl (C=O) groups excluding carboxylic acids is 1. The molecule has 0 bridgehead atoms. The molecule has 1 amide bonds. The second kappa shape index (κ2) is 7.92. The van der Waals surface area contributed by atoms with Gasteiger partial charge in [0.25, 0.3) is 0 Å². The molecule has 148 valence electrons. The smallest absolute Gasteiger partial charge is 0.241 e. The summed E-state index contributed by atoms with van der Waals surface area (Å²) in [6.45, 7) is 1.42. The van der Waals surface area contributed by atoms with Gasteiger partial charge >= 0.3 is 0 Å². The monoisotopic (exact) mass is 390 g/mol. The van der Waals surface area contributed by atoms with E-state index in [1.54, 1.807) is 12.1 Å². The number of likely N-dealkylation sites (tertiary alicyclic amines) is 1. The maximum atomic E-state index is 12.7. The minimum Gasteiger partial charge on any atom is -0.341 e. The van der Waals surface area contributed by atoms with E-state index in [9.17, 15) is 13.2 Å². The fraction of sp³-hybridized carbons (Fsp3) is 0.667. The summed E-state index contributed by atoms with van der Waals surface area (Å²) in [4.78, 5) is 14.7. The fourth-order valence-corrected chi connectivity index (χ4v) is 6.08. The second-order valence-corrected chi connectivity index (χ2v) is 10.2. The van der Waals surface area contributed by atoms with Crippen LogP contribution in [0.4, 0.5) is 0 Å². The predicted octanol–water partition coefficient (Wildman–Crippen LogP) is 2.88. The van der Waals surface area contributed by atoms with Crippen molar-refractivity contribution in [2.24, 2.45) is 11.8 Å². The maximum Gasteiger partial charge on any atom is 0.241 e. The van der Waals surface area contributed by atoms with E-state index in [4.69, 9.17) is 0 Å². The normalized spacial score (nSPS) is 25.6. The number of rotatable bonds is 4. The Balaban J connectivity index is 1.36. The molecule has 2 fully saturated rings. The zero-order valence-electron chi connectivity index (χ0n) is 16.0. The molecule has 5 nitrogen and oxygen atoms in total. The van der Waals surface area contributed by atoms with Crippen molar-refractivity contribution in [3.05, 3.63) is 29.3 Å². The van der Waals surface area contributed by atoms with Crippen molar-refractivity contribution in [2.75, 3.05) is 19.6 Å². The van der Waals surface area contributed by atoms with Crippen LogP contribution >= 0.6 is 0 Å². The van der Waals surface area contributed by atoms with Crippen LogP contribution in [0.2, 0.25) is 0 Å². The molecule has 1 aliphatic heterocycles. The molecule has 0 spiro atoms. The Morgan fingerprint density at radius 2 is 1.74 bits per heavy atom. The average Bonchev–Trinajstić information content (AvgIpc) is 2.71. The van der Waals surface area contributed by atoms with Crippen molar-refractivity contribution in [2.45, 2.75) is 62.7 Å². The van der Waals surface area contributed by atoms with E-state index in [1.807, 2.05) is 11.0 Å². The van der Waals surface area contributed by atoms with Gasteiger partial charge in [0.15, 0.2) is 0 Å². The molecular formula is C21H30N2O3S. The SMILES string of the molecule is O=C(CNS(=O)(=O)c1ccc2c(c1)CCCC2)N1CC[C@H]2CCCC[C@H]2C1. The van der Waals surface area contributed by atoms with E-state index >= 15 is 0 Å². The van der Waals surface area contributed by atoms with E-state index in [0.717, 1.165) is 50.3 Å². The number of fused-ring (bicyclic) bond motifs is 2. The van der Waals surface area contributed by atoms with Gasteiger partial charge in [-0.2, -0.15) is 0 Å². The van der Waals surface area contributed by atoms with Crippen LogP contribution in [0.5, 0.6) is 0 Å². The Morgan fingerprint density at radius 3 is 2.56 bits per heavy atom. The number of amides is 1. The molecule has 27 heavy (non-hydrogen) atoms. The summed E-state index contributed by atoms with van der Waals surface area (Å²) >= 11 is 0. The van der Waals surface area contributed by atoms with Crippen molar-refractivity contribution in [3.63, 3.8) is 0 Å². The van der Waals surface area contributed by atoms with E-state index in [1.165, 1.54) is 37.7 Å². The Labute approximate surface area is 162 Å². The molecule has 1 saturated heterocycles. The molecule has 2 aliphatic carbocycles. The first-order chi connectivity index (χ1) is 13.0. The molecule has 0 unspecified atom stereocenters. The van der Waals surface area contributed by atoms with Crippen molar-refractivity contribution in [1.29, 1.82) is 0 Å². The molecule has 1 saturated carbocycles. The third-order valence-corrected chi connectivity index (χ3v) is 8.09. The van der Waals surface area contributed by atoms with Gasteiger partial charge in [0.05, 0.1) is 11.4 Å². The summed E-state index contributed by atoms with van der Waals surface area (Å²) < 4.78 is 27.8. The highest BCUT2D eigenvalue weighted by molar-refractivity contribution is 7.89. The van der Waals surface area contributed by atoms with Gasteiger partial charge in [-0.25, -0.2) is 13.1 Å². The van der Waals surface area contributed by atoms with Crippen LogP contribution in [0, 0.1) is 11.8 Å². The number of sulfonamides is 1. The first-order valence-corrected chi connectivity index (χ1v) is 11.9. The van der Waals surface area contributed by atoms with Crippen molar-refractivity contribution in [3.8, 4) is 0 Å². The van der Waals surface area contributed by atoms with Gasteiger partial charge in [0.2, 0.25) is 15.9 Å². The second-order valence-electron chi connectivity index (χ2n) is 8.40. The van der Waals surface area contributed by atoms with Crippen molar-refractivity contribution in [1.82, 2.24) is 9.62 Å². The van der Waals surface area contributed by atoms with Gasteiger partial charge in [-0.1, -0.05) is 25.3 Å². The Kier molecular flexibility index (Phi) is 5.55. The van der Waals surface area contributed by atoms with Crippen LogP contribution in [-0.4, -0.2) is 38.9 Å². The molecule has 6 heteroatoms. The van der Waals surface area contributed by atoms with Gasteiger partial charge in [-0.05, 0) is 73.6 Å². The number of aryl methyl sites for hydroxylation is 2. The molecule has 1 aromatic carbocycles. The first-order valence-electron chi connectivity index (χ1n) is 10.4. The third kappa shape index (κ3) is 4.21. The topological polar surface area (TPSA) is 66.5 Å². The number of hydrogen-bond donors (Lipinski definition) is 1. The number of benzene rings is 1. The highest BCUT2D eigenvalue weighted by Gasteiger charge is 2.33. The highest BCUT2D eigenvalue weighted by Crippen LogP contribution is 2.36. The van der Waals surface area contributed by atoms with Gasteiger partial charge < -0.3 is 4.90 Å². The molecule has 1 heterocycles. The van der Waals surface area contributed by atoms with Gasteiger partial charge in [-0.3, -0.25) is 4.79 Å². The summed E-state index contributed by atoms with van der Waals surface area (Å²) in [5.74, 6) is 1.27. The van der Waals surface area contributed by atoms with E-state index < -0.39 is 10.0 Å². The summed E-state index contributed by atoms with van der Waals surface area (Å²) in [6.07, 6.45) is 10.4. The van der Waals surface area contributed by atoms with E-state index in [2.05, 4.69) is 4.72 Å². The molecule has 0 aromatic heterocycles. The number of nitrogens with one attached hydrogen (secondary N) is 1. The summed E-state index contributed by atoms with van der Waals surface area (Å²) in [5, 5.41) is 0. The van der Waals surface area contributed by atoms with Gasteiger partial charge in [0.1, 0.15) is 0 Å². The zero-order valence-corrected chi connectivity index (χ0v) is 16.8. The molecule has 4 rings (SSSR count). The lowest BCUT2D eigenvalue weighted by atomic mass is 9.75. The molecule has 2 atom stereocenters. The standard InChI is InChI=1S/C21H30N2O3S/c24-21(23-12-11-17-6-2-4-8-19(17)15-23)14-22-27(25,26)20-10-9-16-5-1-3-7-18(16)13-20/h9-10,13,17,19,22H,1-8,11-12,14-15H2/t17-,19+/m1/s1. The third-order valence-electron chi connectivity index (χ3n) is 6.69. The van der Waals surface area contributed by atoms with E-state index in [0.29, 0.717) is 5.92 Å². The lowest BCUT2D eigenvalue weighted by Gasteiger charge is -2.41. The fourth-order valence-electron chi connectivity index (χ4n) is 5.06. The van der Waals surface area contributed by atoms with Crippen LogP contribution in [-0.2, 0) is 27.7 Å². The minimum atomic E-state index is -3.65. The Hall–Kier alpha value is -1.40. The van der Waals surface area contributed by atoms with Crippen LogP contribution in [0.25, 0.3) is 0 Å². The van der Waals surface area contributed by atoms with Crippen LogP contribution in [0.3, 0.4) is 0 Å². The molecule has 3 aliphatic rings. The number of hydrogen-bond acceptors (Lipinski definition) is 3. The van der Waals surface area contributed by atoms with Crippen LogP contribution in [0.15, 0.2) is 23.1 Å². The zero-order chi connectivity index (χ0) is 18.9. The Morgan fingerprint density at radius 1 is 1.00 bits per heavy atom. The lowest BCUT2D eigenvalue weighted by molar-refractivity contribution is -0.133. The first kappa shape index (κ1) is 18.9. The lowest BCUT2D eigenvalue weighted by Crippen LogP contribution is -2.48. The van der Waals surface area contributed by atoms with Crippen LogP contribution < -0.4 is 4.72 Å². The summed E-state index contributed by atoms with van der Waals surface area (Å²) in [5.41, 5.74) is 2.39. The number of nitrogens with zero attached hydrogens (tertiary/aromatic N) is 1. The minimum absolute atomic E-state index is 0.0967. The predicted molar refractivity (Wildman–Crippen MR) is 105 cm³/mol. The number of carbonyl (C=O) groups is 1. The molecular weight excluding hydrogens is 360 g/mol. The van der Waals surface area contributed by atoms with Crippen LogP contribution in [0.1, 0.15) is 56.1 Å². The maximum absolute atomic E-state index is 12.7. The highest BCUT2D eigenvalue weighted by atomic mass is 32.2. The quantitative estimate of drug-likeness (QED) is 0.860. The van der Waals surface area contributed by atoms with Crippen molar-refractivity contribution < 1.29 is 13.2 Å². The summed E-state index contributed by atoms with van der Waals surface area (Å²) in [7, 11) is -3.65. The molecule has 0 radical (unpaired) electrons. The van der Waals surface area contributed by atoms with E-state index in [-0.39, 0.29) is 17.3 Å². The Bertz CT molecular complexity index is 806. The van der Waals surface area contributed by atoms with Gasteiger partial charge in [0, 0.05) is 13.1 Å². The number of piperidine rings is 1. The summed E-state index contributed by atoms with van der Waals surface area (Å²) in [6, 6.07) is 5.39. The average molecular weight is 391 g/mol.